The zero-order valence-electron chi connectivity index (χ0n) is 16.0. The van der Waals surface area contributed by atoms with Crippen molar-refractivity contribution < 1.29 is 14.4 Å². The van der Waals surface area contributed by atoms with Crippen molar-refractivity contribution in [1.29, 1.82) is 0 Å². The maximum absolute atomic E-state index is 12.9. The van der Waals surface area contributed by atoms with Gasteiger partial charge in [0.05, 0.1) is 23.5 Å². The summed E-state index contributed by atoms with van der Waals surface area (Å²) in [4.78, 5) is 50.6. The second kappa shape index (κ2) is 6.65. The van der Waals surface area contributed by atoms with Gasteiger partial charge in [-0.25, -0.2) is 4.98 Å². The highest BCUT2D eigenvalue weighted by Crippen LogP contribution is 2.42. The fourth-order valence-electron chi connectivity index (χ4n) is 4.92. The summed E-state index contributed by atoms with van der Waals surface area (Å²) in [6.07, 6.45) is 4.67. The Bertz CT molecular complexity index is 765. The number of piperidine rings is 1. The lowest BCUT2D eigenvalue weighted by atomic mass is 9.78. The van der Waals surface area contributed by atoms with Crippen molar-refractivity contribution in [3.05, 3.63) is 17.7 Å². The van der Waals surface area contributed by atoms with E-state index in [1.807, 2.05) is 16.7 Å². The van der Waals surface area contributed by atoms with Gasteiger partial charge in [-0.05, 0) is 12.8 Å². The van der Waals surface area contributed by atoms with Gasteiger partial charge in [-0.3, -0.25) is 14.4 Å². The summed E-state index contributed by atoms with van der Waals surface area (Å²) in [6.45, 7) is 4.27. The first-order valence-corrected chi connectivity index (χ1v) is 9.82. The molecule has 0 radical (unpaired) electrons. The lowest BCUT2D eigenvalue weighted by Crippen LogP contribution is -2.59. The molecule has 0 aromatic carbocycles. The molecule has 1 spiro atoms. The molecule has 0 aliphatic carbocycles. The van der Waals surface area contributed by atoms with Crippen LogP contribution in [0, 0.1) is 5.92 Å². The predicted octanol–water partition coefficient (Wildman–Crippen LogP) is 0.500. The number of rotatable bonds is 2. The summed E-state index contributed by atoms with van der Waals surface area (Å²) in [7, 11) is 1.75. The van der Waals surface area contributed by atoms with Gasteiger partial charge in [0.1, 0.15) is 0 Å². The fourth-order valence-corrected chi connectivity index (χ4v) is 4.92. The zero-order valence-corrected chi connectivity index (χ0v) is 16.0. The van der Waals surface area contributed by atoms with E-state index in [0.29, 0.717) is 51.9 Å². The van der Waals surface area contributed by atoms with E-state index < -0.39 is 5.54 Å². The molecule has 1 N–H and O–H groups in total. The van der Waals surface area contributed by atoms with Gasteiger partial charge in [-0.1, -0.05) is 6.92 Å². The van der Waals surface area contributed by atoms with Crippen LogP contribution in [-0.4, -0.2) is 75.6 Å². The van der Waals surface area contributed by atoms with E-state index in [4.69, 9.17) is 0 Å². The molecule has 2 fully saturated rings. The number of likely N-dealkylation sites (tertiary alicyclic amines) is 2. The number of aromatic amines is 1. The molecule has 0 unspecified atom stereocenters. The molecule has 8 nitrogen and oxygen atoms in total. The van der Waals surface area contributed by atoms with Crippen molar-refractivity contribution in [3.8, 4) is 0 Å². The van der Waals surface area contributed by atoms with Crippen LogP contribution in [0.5, 0.6) is 0 Å². The van der Waals surface area contributed by atoms with E-state index in [1.165, 1.54) is 0 Å². The van der Waals surface area contributed by atoms with Crippen molar-refractivity contribution in [1.82, 2.24) is 24.7 Å². The molecule has 27 heavy (non-hydrogen) atoms. The molecule has 2 saturated heterocycles. The summed E-state index contributed by atoms with van der Waals surface area (Å²) < 4.78 is 0. The molecular weight excluding hydrogens is 346 g/mol. The number of H-pyrrole nitrogens is 1. The quantitative estimate of drug-likeness (QED) is 0.818. The molecule has 1 atom stereocenters. The first-order chi connectivity index (χ1) is 13.0. The highest BCUT2D eigenvalue weighted by Gasteiger charge is 2.49. The lowest BCUT2D eigenvalue weighted by molar-refractivity contribution is -0.145. The number of imidazole rings is 1. The Hall–Kier alpha value is -2.38. The molecule has 1 aromatic heterocycles. The highest BCUT2D eigenvalue weighted by molar-refractivity contribution is 5.89. The van der Waals surface area contributed by atoms with Crippen molar-refractivity contribution in [3.63, 3.8) is 0 Å². The van der Waals surface area contributed by atoms with Crippen LogP contribution in [0.1, 0.15) is 44.0 Å². The van der Waals surface area contributed by atoms with Crippen LogP contribution >= 0.6 is 0 Å². The molecule has 0 bridgehead atoms. The van der Waals surface area contributed by atoms with Crippen molar-refractivity contribution in [2.75, 3.05) is 33.2 Å². The number of nitrogens with one attached hydrogen (secondary N) is 1. The van der Waals surface area contributed by atoms with Gasteiger partial charge in [0, 0.05) is 58.2 Å². The van der Waals surface area contributed by atoms with Crippen LogP contribution in [0.4, 0.5) is 0 Å². The predicted molar refractivity (Wildman–Crippen MR) is 97.5 cm³/mol. The summed E-state index contributed by atoms with van der Waals surface area (Å²) in [5, 5.41) is 0. The van der Waals surface area contributed by atoms with Crippen molar-refractivity contribution in [2.45, 2.75) is 44.6 Å². The lowest BCUT2D eigenvalue weighted by Gasteiger charge is -2.50. The average molecular weight is 373 g/mol. The number of aromatic nitrogens is 2. The standard InChI is InChI=1S/C19H27N5O3/c1-3-15(25)24-7-4-14-17(21-12-20-14)19(24)5-8-23(9-6-19)18(27)13-10-16(26)22(2)11-13/h12-13H,3-11H2,1-2H3,(H,20,21)/t13-/m0/s1. The average Bonchev–Trinajstić information content (AvgIpc) is 3.29. The van der Waals surface area contributed by atoms with Gasteiger partial charge in [0.2, 0.25) is 17.7 Å². The monoisotopic (exact) mass is 373 g/mol. The fraction of sp³-hybridized carbons (Fsp3) is 0.684. The number of nitrogens with zero attached hydrogens (tertiary/aromatic N) is 4. The summed E-state index contributed by atoms with van der Waals surface area (Å²) in [5.74, 6) is 0.00707. The minimum absolute atomic E-state index is 0.0370. The number of fused-ring (bicyclic) bond motifs is 2. The van der Waals surface area contributed by atoms with Gasteiger partial charge in [0.25, 0.3) is 0 Å². The first-order valence-electron chi connectivity index (χ1n) is 9.82. The maximum Gasteiger partial charge on any atom is 0.227 e. The van der Waals surface area contributed by atoms with Crippen molar-refractivity contribution in [2.24, 2.45) is 5.92 Å². The van der Waals surface area contributed by atoms with Gasteiger partial charge >= 0.3 is 0 Å². The Morgan fingerprint density at radius 1 is 1.30 bits per heavy atom. The number of hydrogen-bond donors (Lipinski definition) is 1. The van der Waals surface area contributed by atoms with Crippen LogP contribution in [0.3, 0.4) is 0 Å². The molecule has 3 aliphatic rings. The third-order valence-corrected chi connectivity index (χ3v) is 6.46. The normalized spacial score (nSPS) is 24.4. The zero-order chi connectivity index (χ0) is 19.2. The van der Waals surface area contributed by atoms with Gasteiger partial charge < -0.3 is 19.7 Å². The van der Waals surface area contributed by atoms with E-state index in [-0.39, 0.29) is 23.6 Å². The summed E-state index contributed by atoms with van der Waals surface area (Å²) in [5.41, 5.74) is 1.66. The molecular formula is C19H27N5O3. The molecule has 3 aliphatic heterocycles. The topological polar surface area (TPSA) is 89.6 Å². The van der Waals surface area contributed by atoms with Crippen LogP contribution in [0.15, 0.2) is 6.33 Å². The molecule has 4 rings (SSSR count). The molecule has 8 heteroatoms. The van der Waals surface area contributed by atoms with Gasteiger partial charge in [0.15, 0.2) is 0 Å². The molecule has 1 aromatic rings. The second-order valence-electron chi connectivity index (χ2n) is 7.91. The van der Waals surface area contributed by atoms with Gasteiger partial charge in [-0.2, -0.15) is 0 Å². The van der Waals surface area contributed by atoms with Crippen LogP contribution < -0.4 is 0 Å². The third kappa shape index (κ3) is 2.82. The van der Waals surface area contributed by atoms with E-state index in [0.717, 1.165) is 17.8 Å². The Balaban J connectivity index is 1.53. The van der Waals surface area contributed by atoms with E-state index >= 15 is 0 Å². The van der Waals surface area contributed by atoms with E-state index in [1.54, 1.807) is 18.3 Å². The Morgan fingerprint density at radius 3 is 2.67 bits per heavy atom. The molecule has 146 valence electrons. The SMILES string of the molecule is CCC(=O)N1CCc2[nH]cnc2C12CCN(C(=O)[C@H]1CC(=O)N(C)C1)CC2. The maximum atomic E-state index is 12.9. The van der Waals surface area contributed by atoms with Gasteiger partial charge in [-0.15, -0.1) is 0 Å². The molecule has 0 saturated carbocycles. The van der Waals surface area contributed by atoms with Crippen LogP contribution in [-0.2, 0) is 26.3 Å². The minimum Gasteiger partial charge on any atom is -0.348 e. The number of carbonyl (C=O) groups excluding carboxylic acids is 3. The molecule has 3 amide bonds. The number of hydrogen-bond acceptors (Lipinski definition) is 4. The number of carbonyl (C=O) groups is 3. The first kappa shape index (κ1) is 18.0. The van der Waals surface area contributed by atoms with E-state index in [2.05, 4.69) is 9.97 Å². The van der Waals surface area contributed by atoms with E-state index in [9.17, 15) is 14.4 Å². The Labute approximate surface area is 158 Å². The van der Waals surface area contributed by atoms with Crippen LogP contribution in [0.2, 0.25) is 0 Å². The summed E-state index contributed by atoms with van der Waals surface area (Å²) in [6, 6.07) is 0. The second-order valence-corrected chi connectivity index (χ2v) is 7.91. The number of amides is 3. The van der Waals surface area contributed by atoms with Crippen molar-refractivity contribution >= 4 is 17.7 Å². The third-order valence-electron chi connectivity index (χ3n) is 6.46. The molecule has 4 heterocycles. The highest BCUT2D eigenvalue weighted by atomic mass is 16.2. The Morgan fingerprint density at radius 2 is 2.04 bits per heavy atom. The van der Waals surface area contributed by atoms with Crippen LogP contribution in [0.25, 0.3) is 0 Å². The minimum atomic E-state index is -0.417. The summed E-state index contributed by atoms with van der Waals surface area (Å²) >= 11 is 0. The Kier molecular flexibility index (Phi) is 4.44. The largest absolute Gasteiger partial charge is 0.348 e. The smallest absolute Gasteiger partial charge is 0.227 e.